The zero-order valence-electron chi connectivity index (χ0n) is 11.2. The number of hydrogen-bond donors (Lipinski definition) is 1. The van der Waals surface area contributed by atoms with Crippen molar-refractivity contribution in [3.63, 3.8) is 0 Å². The normalized spacial score (nSPS) is 11.9. The van der Waals surface area contributed by atoms with Crippen LogP contribution in [0.5, 0.6) is 0 Å². The topological polar surface area (TPSA) is 41.1 Å². The first-order valence-electron chi connectivity index (χ1n) is 5.67. The van der Waals surface area contributed by atoms with Crippen molar-refractivity contribution in [3.8, 4) is 0 Å². The van der Waals surface area contributed by atoms with Gasteiger partial charge in [-0.15, -0.1) is 0 Å². The Hall–Kier alpha value is -1.23. The average molecular weight is 240 g/mol. The predicted octanol–water partition coefficient (Wildman–Crippen LogP) is 1.92. The van der Waals surface area contributed by atoms with Crippen LogP contribution in [0, 0.1) is 18.2 Å². The van der Waals surface area contributed by atoms with E-state index >= 15 is 0 Å². The van der Waals surface area contributed by atoms with Crippen LogP contribution < -0.4 is 5.32 Å². The van der Waals surface area contributed by atoms with Gasteiger partial charge in [-0.25, -0.2) is 14.4 Å². The molecule has 0 aliphatic heterocycles. The van der Waals surface area contributed by atoms with E-state index in [4.69, 9.17) is 0 Å². The van der Waals surface area contributed by atoms with E-state index in [2.05, 4.69) is 34.0 Å². The molecule has 0 atom stereocenters. The zero-order chi connectivity index (χ0) is 13.1. The summed E-state index contributed by atoms with van der Waals surface area (Å²) in [5.41, 5.74) is 0.419. The number of hydrogen-bond acceptors (Lipinski definition) is 4. The number of halogens is 1. The maximum absolute atomic E-state index is 13.6. The van der Waals surface area contributed by atoms with Gasteiger partial charge >= 0.3 is 0 Å². The van der Waals surface area contributed by atoms with E-state index < -0.39 is 0 Å². The molecule has 1 aromatic rings. The summed E-state index contributed by atoms with van der Waals surface area (Å²) < 4.78 is 13.6. The SMILES string of the molecule is Cc1ncnc(NCC(C)(C)CN(C)C)c1F. The van der Waals surface area contributed by atoms with Crippen LogP contribution in [-0.2, 0) is 0 Å². The molecule has 5 heteroatoms. The summed E-state index contributed by atoms with van der Waals surface area (Å²) in [7, 11) is 4.05. The number of rotatable bonds is 5. The molecule has 0 spiro atoms. The maximum atomic E-state index is 13.6. The smallest absolute Gasteiger partial charge is 0.186 e. The molecule has 0 fully saturated rings. The Balaban J connectivity index is 2.64. The first-order chi connectivity index (χ1) is 7.82. The Morgan fingerprint density at radius 3 is 2.59 bits per heavy atom. The molecule has 0 aliphatic carbocycles. The number of anilines is 1. The van der Waals surface area contributed by atoms with Crippen molar-refractivity contribution in [3.05, 3.63) is 17.8 Å². The van der Waals surface area contributed by atoms with Crippen molar-refractivity contribution >= 4 is 5.82 Å². The molecule has 1 N–H and O–H groups in total. The van der Waals surface area contributed by atoms with Gasteiger partial charge in [0.05, 0.1) is 5.69 Å². The monoisotopic (exact) mass is 240 g/mol. The summed E-state index contributed by atoms with van der Waals surface area (Å²) in [5.74, 6) is -0.0857. The quantitative estimate of drug-likeness (QED) is 0.853. The van der Waals surface area contributed by atoms with Crippen molar-refractivity contribution in [2.45, 2.75) is 20.8 Å². The van der Waals surface area contributed by atoms with Crippen LogP contribution >= 0.6 is 0 Å². The van der Waals surface area contributed by atoms with Crippen LogP contribution in [0.4, 0.5) is 10.2 Å². The van der Waals surface area contributed by atoms with Crippen LogP contribution in [0.2, 0.25) is 0 Å². The number of nitrogens with zero attached hydrogens (tertiary/aromatic N) is 3. The van der Waals surface area contributed by atoms with Gasteiger partial charge in [-0.2, -0.15) is 0 Å². The molecule has 0 radical (unpaired) electrons. The van der Waals surface area contributed by atoms with Gasteiger partial charge in [-0.05, 0) is 26.4 Å². The van der Waals surface area contributed by atoms with E-state index in [1.165, 1.54) is 6.33 Å². The second kappa shape index (κ2) is 5.40. The van der Waals surface area contributed by atoms with Gasteiger partial charge in [0.1, 0.15) is 6.33 Å². The molecule has 17 heavy (non-hydrogen) atoms. The Morgan fingerprint density at radius 1 is 1.35 bits per heavy atom. The minimum absolute atomic E-state index is 0.0504. The molecule has 4 nitrogen and oxygen atoms in total. The number of aryl methyl sites for hydroxylation is 1. The van der Waals surface area contributed by atoms with E-state index in [1.807, 2.05) is 14.1 Å². The highest BCUT2D eigenvalue weighted by molar-refractivity contribution is 5.37. The fourth-order valence-corrected chi connectivity index (χ4v) is 1.82. The standard InChI is InChI=1S/C12H21FN4/c1-9-10(13)11(16-8-15-9)14-6-12(2,3)7-17(4)5/h8H,6-7H2,1-5H3,(H,14,15,16). The van der Waals surface area contributed by atoms with Gasteiger partial charge in [0.25, 0.3) is 0 Å². The second-order valence-corrected chi connectivity index (χ2v) is 5.38. The molecule has 1 aromatic heterocycles. The van der Waals surface area contributed by atoms with Gasteiger partial charge in [-0.1, -0.05) is 13.8 Å². The Bertz CT molecular complexity index is 377. The molecule has 1 heterocycles. The van der Waals surface area contributed by atoms with E-state index in [0.29, 0.717) is 12.2 Å². The third-order valence-corrected chi connectivity index (χ3v) is 2.44. The summed E-state index contributed by atoms with van der Waals surface area (Å²) >= 11 is 0. The summed E-state index contributed by atoms with van der Waals surface area (Å²) in [4.78, 5) is 9.82. The summed E-state index contributed by atoms with van der Waals surface area (Å²) in [6, 6.07) is 0. The summed E-state index contributed by atoms with van der Waals surface area (Å²) in [6.07, 6.45) is 1.37. The Morgan fingerprint density at radius 2 is 2.00 bits per heavy atom. The third-order valence-electron chi connectivity index (χ3n) is 2.44. The second-order valence-electron chi connectivity index (χ2n) is 5.38. The maximum Gasteiger partial charge on any atom is 0.186 e. The van der Waals surface area contributed by atoms with E-state index in [1.54, 1.807) is 6.92 Å². The van der Waals surface area contributed by atoms with Crippen molar-refractivity contribution in [1.29, 1.82) is 0 Å². The largest absolute Gasteiger partial charge is 0.367 e. The third kappa shape index (κ3) is 4.26. The molecule has 0 aromatic carbocycles. The Labute approximate surface area is 102 Å². The van der Waals surface area contributed by atoms with Crippen LogP contribution in [-0.4, -0.2) is 42.1 Å². The fraction of sp³-hybridized carbons (Fsp3) is 0.667. The van der Waals surface area contributed by atoms with Crippen molar-refractivity contribution in [1.82, 2.24) is 14.9 Å². The molecule has 0 aliphatic rings. The molecule has 0 amide bonds. The molecule has 0 bridgehead atoms. The van der Waals surface area contributed by atoms with E-state index in [0.717, 1.165) is 6.54 Å². The lowest BCUT2D eigenvalue weighted by Crippen LogP contribution is -2.34. The van der Waals surface area contributed by atoms with Gasteiger partial charge in [0, 0.05) is 13.1 Å². The van der Waals surface area contributed by atoms with Crippen LogP contribution in [0.15, 0.2) is 6.33 Å². The lowest BCUT2D eigenvalue weighted by atomic mass is 9.93. The molecular weight excluding hydrogens is 219 g/mol. The zero-order valence-corrected chi connectivity index (χ0v) is 11.2. The highest BCUT2D eigenvalue weighted by atomic mass is 19.1. The molecule has 0 saturated heterocycles. The van der Waals surface area contributed by atoms with Crippen molar-refractivity contribution in [2.75, 3.05) is 32.5 Å². The first-order valence-corrected chi connectivity index (χ1v) is 5.67. The van der Waals surface area contributed by atoms with Gasteiger partial charge < -0.3 is 10.2 Å². The average Bonchev–Trinajstić information content (AvgIpc) is 2.18. The van der Waals surface area contributed by atoms with Crippen molar-refractivity contribution in [2.24, 2.45) is 5.41 Å². The van der Waals surface area contributed by atoms with Gasteiger partial charge in [-0.3, -0.25) is 0 Å². The highest BCUT2D eigenvalue weighted by Crippen LogP contribution is 2.18. The summed E-state index contributed by atoms with van der Waals surface area (Å²) in [6.45, 7) is 7.48. The minimum atomic E-state index is -0.367. The number of nitrogens with one attached hydrogen (secondary N) is 1. The lowest BCUT2D eigenvalue weighted by Gasteiger charge is -2.28. The highest BCUT2D eigenvalue weighted by Gasteiger charge is 2.19. The van der Waals surface area contributed by atoms with E-state index in [9.17, 15) is 4.39 Å². The van der Waals surface area contributed by atoms with Crippen molar-refractivity contribution < 1.29 is 4.39 Å². The molecule has 1 rings (SSSR count). The molecule has 96 valence electrons. The van der Waals surface area contributed by atoms with E-state index in [-0.39, 0.29) is 17.1 Å². The number of aromatic nitrogens is 2. The van der Waals surface area contributed by atoms with Crippen LogP contribution in [0.1, 0.15) is 19.5 Å². The van der Waals surface area contributed by atoms with Gasteiger partial charge in [0.2, 0.25) is 0 Å². The lowest BCUT2D eigenvalue weighted by molar-refractivity contribution is 0.254. The van der Waals surface area contributed by atoms with Crippen LogP contribution in [0.3, 0.4) is 0 Å². The fourth-order valence-electron chi connectivity index (χ4n) is 1.82. The molecule has 0 saturated carbocycles. The minimum Gasteiger partial charge on any atom is -0.367 e. The first kappa shape index (κ1) is 13.8. The Kier molecular flexibility index (Phi) is 4.40. The van der Waals surface area contributed by atoms with Crippen LogP contribution in [0.25, 0.3) is 0 Å². The molecule has 0 unspecified atom stereocenters. The summed E-state index contributed by atoms with van der Waals surface area (Å²) in [5, 5.41) is 3.05. The van der Waals surface area contributed by atoms with Gasteiger partial charge in [0.15, 0.2) is 11.6 Å². The predicted molar refractivity (Wildman–Crippen MR) is 67.6 cm³/mol. The molecular formula is C12H21FN4.